The van der Waals surface area contributed by atoms with Crippen molar-refractivity contribution in [2.75, 3.05) is 6.54 Å². The molecule has 2 nitrogen and oxygen atoms in total. The first-order chi connectivity index (χ1) is 5.20. The van der Waals surface area contributed by atoms with E-state index in [-0.39, 0.29) is 5.78 Å². The van der Waals surface area contributed by atoms with E-state index in [1.165, 1.54) is 0 Å². The Morgan fingerprint density at radius 2 is 2.18 bits per heavy atom. The van der Waals surface area contributed by atoms with E-state index in [9.17, 15) is 4.79 Å². The first-order valence-electron chi connectivity index (χ1n) is 4.10. The van der Waals surface area contributed by atoms with Gasteiger partial charge >= 0.3 is 0 Å². The minimum atomic E-state index is 0.0987. The Morgan fingerprint density at radius 3 is 2.55 bits per heavy atom. The third kappa shape index (κ3) is 5.80. The molecule has 0 saturated heterocycles. The molecule has 0 aromatic heterocycles. The van der Waals surface area contributed by atoms with Crippen LogP contribution in [0.3, 0.4) is 0 Å². The summed E-state index contributed by atoms with van der Waals surface area (Å²) in [5, 5.41) is 0. The van der Waals surface area contributed by atoms with Crippen molar-refractivity contribution in [1.29, 1.82) is 0 Å². The Bertz CT molecular complexity index is 150. The van der Waals surface area contributed by atoms with Crippen molar-refractivity contribution in [2.45, 2.75) is 33.1 Å². The first kappa shape index (κ1) is 10.4. The molecule has 2 heteroatoms. The second-order valence-corrected chi connectivity index (χ2v) is 2.72. The zero-order valence-corrected chi connectivity index (χ0v) is 7.39. The van der Waals surface area contributed by atoms with E-state index in [1.54, 1.807) is 13.0 Å². The largest absolute Gasteiger partial charge is 0.327 e. The van der Waals surface area contributed by atoms with Crippen molar-refractivity contribution in [3.8, 4) is 0 Å². The lowest BCUT2D eigenvalue weighted by molar-refractivity contribution is -0.112. The summed E-state index contributed by atoms with van der Waals surface area (Å²) in [6, 6.07) is 0. The average molecular weight is 155 g/mol. The van der Waals surface area contributed by atoms with Crippen molar-refractivity contribution in [1.82, 2.24) is 0 Å². The highest BCUT2D eigenvalue weighted by Crippen LogP contribution is 2.05. The number of carbonyl (C=O) groups excluding carboxylic acids is 1. The molecule has 0 unspecified atom stereocenters. The molecule has 0 radical (unpaired) electrons. The maximum Gasteiger partial charge on any atom is 0.152 e. The standard InChI is InChI=1S/C9H17NO/c1-3-4-5-9(7-10)6-8(2)11/h6H,3-5,7,10H2,1-2H3. The van der Waals surface area contributed by atoms with Crippen molar-refractivity contribution in [3.05, 3.63) is 11.6 Å². The van der Waals surface area contributed by atoms with Crippen LogP contribution in [0, 0.1) is 0 Å². The van der Waals surface area contributed by atoms with Crippen LogP contribution in [0.1, 0.15) is 33.1 Å². The van der Waals surface area contributed by atoms with Crippen molar-refractivity contribution < 1.29 is 4.79 Å². The van der Waals surface area contributed by atoms with Crippen LogP contribution >= 0.6 is 0 Å². The van der Waals surface area contributed by atoms with Crippen LogP contribution in [0.15, 0.2) is 11.6 Å². The van der Waals surface area contributed by atoms with Gasteiger partial charge in [-0.05, 0) is 25.8 Å². The molecular formula is C9H17NO. The van der Waals surface area contributed by atoms with Crippen molar-refractivity contribution in [3.63, 3.8) is 0 Å². The van der Waals surface area contributed by atoms with Crippen molar-refractivity contribution >= 4 is 5.78 Å². The SMILES string of the molecule is CCCCC(=CC(C)=O)CN. The van der Waals surface area contributed by atoms with Crippen LogP contribution in [0.2, 0.25) is 0 Å². The maximum absolute atomic E-state index is 10.6. The lowest BCUT2D eigenvalue weighted by atomic mass is 10.1. The van der Waals surface area contributed by atoms with Gasteiger partial charge in [-0.15, -0.1) is 0 Å². The van der Waals surface area contributed by atoms with Crippen LogP contribution in [-0.2, 0) is 4.79 Å². The molecule has 0 aliphatic carbocycles. The summed E-state index contributed by atoms with van der Waals surface area (Å²) in [6.45, 7) is 4.20. The van der Waals surface area contributed by atoms with Crippen LogP contribution in [0.5, 0.6) is 0 Å². The Morgan fingerprint density at radius 1 is 1.55 bits per heavy atom. The lowest BCUT2D eigenvalue weighted by Crippen LogP contribution is -2.04. The number of rotatable bonds is 5. The molecule has 0 spiro atoms. The predicted octanol–water partition coefficient (Wildman–Crippen LogP) is 1.65. The number of carbonyl (C=O) groups is 1. The smallest absolute Gasteiger partial charge is 0.152 e. The topological polar surface area (TPSA) is 43.1 Å². The number of ketones is 1. The van der Waals surface area contributed by atoms with Gasteiger partial charge in [-0.2, -0.15) is 0 Å². The van der Waals surface area contributed by atoms with Crippen LogP contribution < -0.4 is 5.73 Å². The van der Waals surface area contributed by atoms with Gasteiger partial charge in [0.25, 0.3) is 0 Å². The molecule has 0 bridgehead atoms. The van der Waals surface area contributed by atoms with Gasteiger partial charge in [0.2, 0.25) is 0 Å². The molecule has 0 heterocycles. The van der Waals surface area contributed by atoms with E-state index in [1.807, 2.05) is 0 Å². The van der Waals surface area contributed by atoms with Gasteiger partial charge in [0.15, 0.2) is 5.78 Å². The molecule has 0 saturated carbocycles. The zero-order chi connectivity index (χ0) is 8.69. The first-order valence-corrected chi connectivity index (χ1v) is 4.10. The minimum Gasteiger partial charge on any atom is -0.327 e. The third-order valence-electron chi connectivity index (χ3n) is 1.52. The van der Waals surface area contributed by atoms with E-state index < -0.39 is 0 Å². The number of nitrogens with two attached hydrogens (primary N) is 1. The van der Waals surface area contributed by atoms with E-state index in [4.69, 9.17) is 5.73 Å². The number of hydrogen-bond donors (Lipinski definition) is 1. The van der Waals surface area contributed by atoms with Crippen LogP contribution in [0.4, 0.5) is 0 Å². The average Bonchev–Trinajstić information content (AvgIpc) is 1.97. The fourth-order valence-corrected chi connectivity index (χ4v) is 0.924. The molecule has 64 valence electrons. The minimum absolute atomic E-state index is 0.0987. The zero-order valence-electron chi connectivity index (χ0n) is 7.39. The van der Waals surface area contributed by atoms with Gasteiger partial charge in [-0.1, -0.05) is 18.9 Å². The third-order valence-corrected chi connectivity index (χ3v) is 1.52. The quantitative estimate of drug-likeness (QED) is 0.613. The molecule has 0 rings (SSSR count). The summed E-state index contributed by atoms with van der Waals surface area (Å²) in [5.41, 5.74) is 6.51. The summed E-state index contributed by atoms with van der Waals surface area (Å²) < 4.78 is 0. The fraction of sp³-hybridized carbons (Fsp3) is 0.667. The fourth-order valence-electron chi connectivity index (χ4n) is 0.924. The monoisotopic (exact) mass is 155 g/mol. The summed E-state index contributed by atoms with van der Waals surface area (Å²) in [7, 11) is 0. The molecule has 0 aromatic rings. The van der Waals surface area contributed by atoms with Gasteiger partial charge in [0, 0.05) is 6.54 Å². The molecule has 2 N–H and O–H groups in total. The molecule has 0 atom stereocenters. The second kappa shape index (κ2) is 6.10. The van der Waals surface area contributed by atoms with E-state index in [0.29, 0.717) is 6.54 Å². The molecule has 0 fully saturated rings. The maximum atomic E-state index is 10.6. The molecule has 11 heavy (non-hydrogen) atoms. The van der Waals surface area contributed by atoms with E-state index in [2.05, 4.69) is 6.92 Å². The van der Waals surface area contributed by atoms with Gasteiger partial charge < -0.3 is 5.73 Å². The Labute approximate surface area is 68.5 Å². The molecule has 0 aromatic carbocycles. The molecule has 0 amide bonds. The highest BCUT2D eigenvalue weighted by molar-refractivity contribution is 5.87. The van der Waals surface area contributed by atoms with Gasteiger partial charge in [0.1, 0.15) is 0 Å². The Balaban J connectivity index is 3.84. The lowest BCUT2D eigenvalue weighted by Gasteiger charge is -2.00. The van der Waals surface area contributed by atoms with Crippen LogP contribution in [-0.4, -0.2) is 12.3 Å². The predicted molar refractivity (Wildman–Crippen MR) is 47.3 cm³/mol. The Kier molecular flexibility index (Phi) is 5.75. The normalized spacial score (nSPS) is 11.7. The molecular weight excluding hydrogens is 138 g/mol. The Hall–Kier alpha value is -0.630. The molecule has 0 aliphatic rings. The summed E-state index contributed by atoms with van der Waals surface area (Å²) in [6.07, 6.45) is 4.88. The van der Waals surface area contributed by atoms with E-state index >= 15 is 0 Å². The van der Waals surface area contributed by atoms with Gasteiger partial charge in [0.05, 0.1) is 0 Å². The summed E-state index contributed by atoms with van der Waals surface area (Å²) >= 11 is 0. The van der Waals surface area contributed by atoms with Crippen molar-refractivity contribution in [2.24, 2.45) is 5.73 Å². The van der Waals surface area contributed by atoms with Gasteiger partial charge in [-0.25, -0.2) is 0 Å². The number of hydrogen-bond acceptors (Lipinski definition) is 2. The number of allylic oxidation sites excluding steroid dienone is 1. The van der Waals surface area contributed by atoms with Crippen LogP contribution in [0.25, 0.3) is 0 Å². The van der Waals surface area contributed by atoms with Gasteiger partial charge in [-0.3, -0.25) is 4.79 Å². The number of unbranched alkanes of at least 4 members (excludes halogenated alkanes) is 1. The highest BCUT2D eigenvalue weighted by Gasteiger charge is 1.95. The molecule has 0 aliphatic heterocycles. The second-order valence-electron chi connectivity index (χ2n) is 2.72. The summed E-state index contributed by atoms with van der Waals surface area (Å²) in [5.74, 6) is 0.0987. The summed E-state index contributed by atoms with van der Waals surface area (Å²) in [4.78, 5) is 10.6. The van der Waals surface area contributed by atoms with E-state index in [0.717, 1.165) is 24.8 Å². The highest BCUT2D eigenvalue weighted by atomic mass is 16.1.